The lowest BCUT2D eigenvalue weighted by molar-refractivity contribution is -0.187. The minimum absolute atomic E-state index is 0.242. The van der Waals surface area contributed by atoms with Crippen LogP contribution in [-0.2, 0) is 23.9 Å². The van der Waals surface area contributed by atoms with Gasteiger partial charge in [0.15, 0.2) is 23.8 Å². The normalized spacial score (nSPS) is 27.8. The van der Waals surface area contributed by atoms with Crippen LogP contribution in [0.1, 0.15) is 20.8 Å². The van der Waals surface area contributed by atoms with Gasteiger partial charge in [-0.15, -0.1) is 0 Å². The van der Waals surface area contributed by atoms with Gasteiger partial charge in [0.1, 0.15) is 0 Å². The predicted octanol–water partition coefficient (Wildman–Crippen LogP) is 0.115. The van der Waals surface area contributed by atoms with Crippen molar-refractivity contribution < 1.29 is 23.9 Å². The first-order valence-electron chi connectivity index (χ1n) is 4.96. The van der Waals surface area contributed by atoms with E-state index in [1.165, 1.54) is 21.1 Å². The molecule has 1 rings (SSSR count). The Hall–Kier alpha value is -0.980. The van der Waals surface area contributed by atoms with E-state index in [4.69, 9.17) is 14.3 Å². The number of likely N-dealkylation sites (N-methyl/N-ethyl adjacent to an activating group) is 1. The van der Waals surface area contributed by atoms with Gasteiger partial charge in [0.05, 0.1) is 7.11 Å². The fraction of sp³-hybridized carbons (Fsp3) is 0.800. The molecule has 0 radical (unpaired) electrons. The molecule has 1 amide bonds. The van der Waals surface area contributed by atoms with Gasteiger partial charge in [-0.2, -0.15) is 0 Å². The second-order valence-electron chi connectivity index (χ2n) is 4.11. The lowest BCUT2D eigenvalue weighted by atomic mass is 10.1. The summed E-state index contributed by atoms with van der Waals surface area (Å²) < 4.78 is 10.8. The molecular formula is C10H17NO5. The fourth-order valence-corrected chi connectivity index (χ4v) is 1.51. The molecule has 6 heteroatoms. The number of amides is 1. The van der Waals surface area contributed by atoms with Crippen molar-refractivity contribution in [3.05, 3.63) is 0 Å². The minimum Gasteiger partial charge on any atom is -0.336 e. The molecule has 0 aliphatic carbocycles. The molecule has 0 saturated carbocycles. The second-order valence-corrected chi connectivity index (χ2v) is 4.11. The zero-order valence-corrected chi connectivity index (χ0v) is 10.1. The van der Waals surface area contributed by atoms with Gasteiger partial charge in [0.2, 0.25) is 0 Å². The first-order valence-corrected chi connectivity index (χ1v) is 4.96. The molecule has 0 aromatic carbocycles. The Morgan fingerprint density at radius 2 is 1.75 bits per heavy atom. The number of carbonyl (C=O) groups excluding carboxylic acids is 2. The Morgan fingerprint density at radius 3 is 2.19 bits per heavy atom. The van der Waals surface area contributed by atoms with Crippen LogP contribution in [0.2, 0.25) is 0 Å². The summed E-state index contributed by atoms with van der Waals surface area (Å²) in [5.41, 5.74) is 0. The van der Waals surface area contributed by atoms with Crippen LogP contribution in [-0.4, -0.2) is 48.9 Å². The van der Waals surface area contributed by atoms with Crippen LogP contribution in [0.3, 0.4) is 0 Å². The number of ether oxygens (including phenoxy) is 2. The molecule has 92 valence electrons. The highest BCUT2D eigenvalue weighted by Gasteiger charge is 2.48. The van der Waals surface area contributed by atoms with E-state index in [0.717, 1.165) is 5.06 Å². The minimum atomic E-state index is -0.947. The van der Waals surface area contributed by atoms with Gasteiger partial charge in [-0.25, -0.2) is 5.06 Å². The average Bonchev–Trinajstić information content (AvgIpc) is 2.52. The monoisotopic (exact) mass is 231 g/mol. The van der Waals surface area contributed by atoms with Gasteiger partial charge in [-0.05, 0) is 20.8 Å². The quantitative estimate of drug-likeness (QED) is 0.645. The molecule has 0 bridgehead atoms. The van der Waals surface area contributed by atoms with E-state index >= 15 is 0 Å². The van der Waals surface area contributed by atoms with Crippen LogP contribution < -0.4 is 0 Å². The summed E-state index contributed by atoms with van der Waals surface area (Å²) in [7, 11) is 2.82. The molecule has 1 saturated heterocycles. The van der Waals surface area contributed by atoms with Crippen molar-refractivity contribution in [2.24, 2.45) is 0 Å². The molecule has 1 fully saturated rings. The highest BCUT2D eigenvalue weighted by Crippen LogP contribution is 2.29. The van der Waals surface area contributed by atoms with E-state index < -0.39 is 23.9 Å². The summed E-state index contributed by atoms with van der Waals surface area (Å²) in [6.07, 6.45) is -1.82. The summed E-state index contributed by atoms with van der Waals surface area (Å²) in [6, 6.07) is 0. The highest BCUT2D eigenvalue weighted by atomic mass is 16.8. The largest absolute Gasteiger partial charge is 0.336 e. The summed E-state index contributed by atoms with van der Waals surface area (Å²) in [5, 5.41) is 1.02. The second kappa shape index (κ2) is 4.48. The number of hydrogen-bond acceptors (Lipinski definition) is 5. The maximum Gasteiger partial charge on any atom is 0.278 e. The summed E-state index contributed by atoms with van der Waals surface area (Å²) in [6.45, 7) is 4.68. The third-order valence-electron chi connectivity index (χ3n) is 2.32. The Kier molecular flexibility index (Phi) is 3.67. The van der Waals surface area contributed by atoms with Crippen LogP contribution >= 0.6 is 0 Å². The van der Waals surface area contributed by atoms with E-state index in [9.17, 15) is 9.59 Å². The number of Topliss-reactive ketones (excluding diaryl/α,β-unsaturated/α-hetero) is 1. The van der Waals surface area contributed by atoms with Crippen molar-refractivity contribution in [1.29, 1.82) is 0 Å². The summed E-state index contributed by atoms with van der Waals surface area (Å²) in [4.78, 5) is 27.9. The molecule has 2 atom stereocenters. The molecule has 16 heavy (non-hydrogen) atoms. The molecule has 0 spiro atoms. The standard InChI is InChI=1S/C10H17NO5/c1-6(12)7-8(9(13)11(4)14-5)16-10(2,3)15-7/h7-8H,1-5H3/t7-,8+/m0/s1. The molecule has 1 aliphatic heterocycles. The Labute approximate surface area is 94.4 Å². The van der Waals surface area contributed by atoms with Gasteiger partial charge < -0.3 is 9.47 Å². The van der Waals surface area contributed by atoms with E-state index in [1.807, 2.05) is 0 Å². The van der Waals surface area contributed by atoms with E-state index in [2.05, 4.69) is 0 Å². The van der Waals surface area contributed by atoms with Crippen molar-refractivity contribution in [3.8, 4) is 0 Å². The van der Waals surface area contributed by atoms with Crippen molar-refractivity contribution in [3.63, 3.8) is 0 Å². The van der Waals surface area contributed by atoms with E-state index in [-0.39, 0.29) is 5.78 Å². The Bertz CT molecular complexity index is 302. The molecule has 0 aromatic heterocycles. The Balaban J connectivity index is 2.85. The van der Waals surface area contributed by atoms with Crippen molar-refractivity contribution >= 4 is 11.7 Å². The smallest absolute Gasteiger partial charge is 0.278 e. The molecule has 0 N–H and O–H groups in total. The number of ketones is 1. The summed E-state index contributed by atoms with van der Waals surface area (Å²) in [5.74, 6) is -1.62. The van der Waals surface area contributed by atoms with Gasteiger partial charge in [0.25, 0.3) is 5.91 Å². The SMILES string of the molecule is CON(C)C(=O)[C@@H]1OC(C)(C)O[C@H]1C(C)=O. The molecule has 6 nitrogen and oxygen atoms in total. The lowest BCUT2D eigenvalue weighted by Gasteiger charge is -2.20. The van der Waals surface area contributed by atoms with E-state index in [1.54, 1.807) is 13.8 Å². The van der Waals surface area contributed by atoms with Crippen LogP contribution in [0, 0.1) is 0 Å². The summed E-state index contributed by atoms with van der Waals surface area (Å²) >= 11 is 0. The average molecular weight is 231 g/mol. The molecule has 0 aromatic rings. The van der Waals surface area contributed by atoms with Gasteiger partial charge in [-0.3, -0.25) is 14.4 Å². The molecular weight excluding hydrogens is 214 g/mol. The Morgan fingerprint density at radius 1 is 1.25 bits per heavy atom. The highest BCUT2D eigenvalue weighted by molar-refractivity contribution is 5.91. The maximum atomic E-state index is 11.8. The fourth-order valence-electron chi connectivity index (χ4n) is 1.51. The number of hydrogen-bond donors (Lipinski definition) is 0. The number of nitrogens with zero attached hydrogens (tertiary/aromatic N) is 1. The zero-order chi connectivity index (χ0) is 12.5. The van der Waals surface area contributed by atoms with Gasteiger partial charge in [-0.1, -0.05) is 0 Å². The van der Waals surface area contributed by atoms with Crippen molar-refractivity contribution in [2.75, 3.05) is 14.2 Å². The number of hydroxylamine groups is 2. The first-order chi connectivity index (χ1) is 7.28. The zero-order valence-electron chi connectivity index (χ0n) is 10.1. The molecule has 1 heterocycles. The predicted molar refractivity (Wildman–Crippen MR) is 54.3 cm³/mol. The van der Waals surface area contributed by atoms with Gasteiger partial charge in [0, 0.05) is 7.05 Å². The van der Waals surface area contributed by atoms with Gasteiger partial charge >= 0.3 is 0 Å². The van der Waals surface area contributed by atoms with Crippen LogP contribution in [0.4, 0.5) is 0 Å². The maximum absolute atomic E-state index is 11.8. The van der Waals surface area contributed by atoms with E-state index in [0.29, 0.717) is 0 Å². The lowest BCUT2D eigenvalue weighted by Crippen LogP contribution is -2.43. The van der Waals surface area contributed by atoms with Crippen LogP contribution in [0.25, 0.3) is 0 Å². The topological polar surface area (TPSA) is 65.1 Å². The molecule has 0 unspecified atom stereocenters. The third kappa shape index (κ3) is 2.58. The number of rotatable bonds is 3. The first kappa shape index (κ1) is 13.1. The van der Waals surface area contributed by atoms with Crippen LogP contribution in [0.15, 0.2) is 0 Å². The van der Waals surface area contributed by atoms with Crippen molar-refractivity contribution in [2.45, 2.75) is 38.8 Å². The number of carbonyl (C=O) groups is 2. The molecule has 1 aliphatic rings. The third-order valence-corrected chi connectivity index (χ3v) is 2.32. The van der Waals surface area contributed by atoms with Crippen molar-refractivity contribution in [1.82, 2.24) is 5.06 Å². The van der Waals surface area contributed by atoms with Crippen LogP contribution in [0.5, 0.6) is 0 Å².